The van der Waals surface area contributed by atoms with Crippen LogP contribution in [0.1, 0.15) is 52.0 Å². The zero-order valence-corrected chi connectivity index (χ0v) is 15.0. The van der Waals surface area contributed by atoms with Crippen molar-refractivity contribution in [3.05, 3.63) is 35.9 Å². The van der Waals surface area contributed by atoms with E-state index in [1.165, 1.54) is 18.4 Å². The Morgan fingerprint density at radius 1 is 0.850 bits per heavy atom. The molecular formula is C18H36N2. The highest BCUT2D eigenvalue weighted by atomic mass is 15.2. The molecule has 0 aliphatic heterocycles. The summed E-state index contributed by atoms with van der Waals surface area (Å²) >= 11 is 0. The van der Waals surface area contributed by atoms with Crippen LogP contribution in [0, 0.1) is 0 Å². The van der Waals surface area contributed by atoms with Crippen LogP contribution in [0.15, 0.2) is 30.3 Å². The van der Waals surface area contributed by atoms with E-state index in [-0.39, 0.29) is 0 Å². The van der Waals surface area contributed by atoms with Crippen LogP contribution in [0.5, 0.6) is 0 Å². The maximum absolute atomic E-state index is 2.26. The molecule has 0 bridgehead atoms. The van der Waals surface area contributed by atoms with Gasteiger partial charge < -0.3 is 0 Å². The maximum atomic E-state index is 2.26. The molecule has 0 spiro atoms. The van der Waals surface area contributed by atoms with Crippen LogP contribution < -0.4 is 0 Å². The summed E-state index contributed by atoms with van der Waals surface area (Å²) in [6, 6.07) is 10.6. The van der Waals surface area contributed by atoms with Crippen LogP contribution in [-0.4, -0.2) is 44.7 Å². The fourth-order valence-corrected chi connectivity index (χ4v) is 1.58. The lowest BCUT2D eigenvalue weighted by Gasteiger charge is -2.14. The summed E-state index contributed by atoms with van der Waals surface area (Å²) in [7, 11) is 8.22. The molecule has 2 nitrogen and oxygen atoms in total. The van der Waals surface area contributed by atoms with E-state index < -0.39 is 0 Å². The van der Waals surface area contributed by atoms with Crippen molar-refractivity contribution in [3.8, 4) is 0 Å². The second-order valence-electron chi connectivity index (χ2n) is 5.73. The van der Waals surface area contributed by atoms with Crippen molar-refractivity contribution < 1.29 is 0 Å². The smallest absolute Gasteiger partial charge is 0.0495 e. The molecule has 0 saturated heterocycles. The summed E-state index contributed by atoms with van der Waals surface area (Å²) in [5, 5.41) is 0. The van der Waals surface area contributed by atoms with Gasteiger partial charge >= 0.3 is 0 Å². The molecule has 20 heavy (non-hydrogen) atoms. The molecule has 0 aliphatic rings. The number of benzene rings is 1. The van der Waals surface area contributed by atoms with E-state index >= 15 is 0 Å². The molecule has 1 aromatic rings. The van der Waals surface area contributed by atoms with Crippen LogP contribution in [-0.2, 0) is 0 Å². The highest BCUT2D eigenvalue weighted by molar-refractivity contribution is 5.18. The lowest BCUT2D eigenvalue weighted by Crippen LogP contribution is -2.26. The molecule has 0 N–H and O–H groups in total. The number of hydrogen-bond acceptors (Lipinski definition) is 2. The summed E-state index contributed by atoms with van der Waals surface area (Å²) in [4.78, 5) is 4.25. The SMILES string of the molecule is CCC.CCC(C)c1ccccc1.CN(C)CN(C)C. The van der Waals surface area contributed by atoms with Crippen molar-refractivity contribution in [2.75, 3.05) is 34.9 Å². The highest BCUT2D eigenvalue weighted by Gasteiger charge is 1.98. The van der Waals surface area contributed by atoms with E-state index in [9.17, 15) is 0 Å². The predicted octanol–water partition coefficient (Wildman–Crippen LogP) is 4.68. The fraction of sp³-hybridized carbons (Fsp3) is 0.667. The summed E-state index contributed by atoms with van der Waals surface area (Å²) in [5.41, 5.74) is 1.45. The van der Waals surface area contributed by atoms with Gasteiger partial charge in [-0.15, -0.1) is 0 Å². The minimum Gasteiger partial charge on any atom is -0.297 e. The molecule has 0 fully saturated rings. The molecule has 0 radical (unpaired) electrons. The number of rotatable bonds is 4. The average molecular weight is 280 g/mol. The fourth-order valence-electron chi connectivity index (χ4n) is 1.58. The van der Waals surface area contributed by atoms with E-state index in [1.807, 2.05) is 0 Å². The Kier molecular flexibility index (Phi) is 15.6. The Labute approximate surface area is 127 Å². The Balaban J connectivity index is 0. The summed E-state index contributed by atoms with van der Waals surface area (Å²) < 4.78 is 0. The van der Waals surface area contributed by atoms with Gasteiger partial charge in [0.05, 0.1) is 0 Å². The van der Waals surface area contributed by atoms with E-state index in [4.69, 9.17) is 0 Å². The lowest BCUT2D eigenvalue weighted by molar-refractivity contribution is 0.245. The van der Waals surface area contributed by atoms with Crippen molar-refractivity contribution in [2.45, 2.75) is 46.5 Å². The van der Waals surface area contributed by atoms with Crippen LogP contribution in [0.4, 0.5) is 0 Å². The highest BCUT2D eigenvalue weighted by Crippen LogP contribution is 2.16. The van der Waals surface area contributed by atoms with Gasteiger partial charge in [-0.25, -0.2) is 0 Å². The van der Waals surface area contributed by atoms with E-state index in [1.54, 1.807) is 0 Å². The molecule has 1 aromatic carbocycles. The Morgan fingerprint density at radius 3 is 1.50 bits per heavy atom. The zero-order chi connectivity index (χ0) is 16.0. The topological polar surface area (TPSA) is 6.48 Å². The third kappa shape index (κ3) is 15.2. The molecule has 0 amide bonds. The first-order chi connectivity index (χ1) is 9.38. The van der Waals surface area contributed by atoms with E-state index in [0.717, 1.165) is 6.67 Å². The van der Waals surface area contributed by atoms with Gasteiger partial charge in [-0.2, -0.15) is 0 Å². The first-order valence-corrected chi connectivity index (χ1v) is 7.73. The Bertz CT molecular complexity index is 275. The normalized spacial score (nSPS) is 11.3. The van der Waals surface area contributed by atoms with E-state index in [0.29, 0.717) is 5.92 Å². The van der Waals surface area contributed by atoms with Gasteiger partial charge in [0.25, 0.3) is 0 Å². The van der Waals surface area contributed by atoms with Crippen molar-refractivity contribution in [2.24, 2.45) is 0 Å². The van der Waals surface area contributed by atoms with Crippen LogP contribution >= 0.6 is 0 Å². The average Bonchev–Trinajstić information content (AvgIpc) is 2.39. The first-order valence-electron chi connectivity index (χ1n) is 7.73. The molecule has 0 aliphatic carbocycles. The largest absolute Gasteiger partial charge is 0.297 e. The molecule has 1 unspecified atom stereocenters. The molecular weight excluding hydrogens is 244 g/mol. The van der Waals surface area contributed by atoms with Gasteiger partial charge in [0.15, 0.2) is 0 Å². The molecule has 1 atom stereocenters. The van der Waals surface area contributed by atoms with Gasteiger partial charge in [-0.3, -0.25) is 9.80 Å². The molecule has 2 heteroatoms. The minimum atomic E-state index is 0.709. The quantitative estimate of drug-likeness (QED) is 0.739. The van der Waals surface area contributed by atoms with Crippen molar-refractivity contribution in [3.63, 3.8) is 0 Å². The second-order valence-corrected chi connectivity index (χ2v) is 5.73. The first kappa shape index (κ1) is 21.4. The molecule has 0 heterocycles. The third-order valence-electron chi connectivity index (χ3n) is 2.55. The van der Waals surface area contributed by atoms with Crippen molar-refractivity contribution in [1.29, 1.82) is 0 Å². The maximum Gasteiger partial charge on any atom is 0.0495 e. The summed E-state index contributed by atoms with van der Waals surface area (Å²) in [6.07, 6.45) is 2.48. The molecule has 118 valence electrons. The van der Waals surface area contributed by atoms with Gasteiger partial charge in [-0.05, 0) is 46.1 Å². The predicted molar refractivity (Wildman–Crippen MR) is 93.4 cm³/mol. The van der Waals surface area contributed by atoms with Crippen LogP contribution in [0.2, 0.25) is 0 Å². The number of hydrogen-bond donors (Lipinski definition) is 0. The van der Waals surface area contributed by atoms with Crippen LogP contribution in [0.3, 0.4) is 0 Å². The second kappa shape index (κ2) is 14.5. The van der Waals surface area contributed by atoms with Gasteiger partial charge in [0.2, 0.25) is 0 Å². The molecule has 0 saturated carbocycles. The number of nitrogens with zero attached hydrogens (tertiary/aromatic N) is 2. The van der Waals surface area contributed by atoms with Crippen LogP contribution in [0.25, 0.3) is 0 Å². The standard InChI is InChI=1S/C10H14.C5H14N2.C3H8/c1-3-9(2)10-7-5-4-6-8-10;1-6(2)5-7(3)4;1-3-2/h4-9H,3H2,1-2H3;5H2,1-4H3;3H2,1-2H3. The van der Waals surface area contributed by atoms with Gasteiger partial charge in [-0.1, -0.05) is 64.4 Å². The van der Waals surface area contributed by atoms with Crippen molar-refractivity contribution in [1.82, 2.24) is 9.80 Å². The van der Waals surface area contributed by atoms with Gasteiger partial charge in [0, 0.05) is 6.67 Å². The summed E-state index contributed by atoms with van der Waals surface area (Å²) in [6.45, 7) is 9.76. The Morgan fingerprint density at radius 2 is 1.25 bits per heavy atom. The zero-order valence-electron chi connectivity index (χ0n) is 15.0. The monoisotopic (exact) mass is 280 g/mol. The third-order valence-corrected chi connectivity index (χ3v) is 2.55. The molecule has 0 aromatic heterocycles. The molecule has 1 rings (SSSR count). The van der Waals surface area contributed by atoms with Gasteiger partial charge in [0.1, 0.15) is 0 Å². The van der Waals surface area contributed by atoms with Crippen molar-refractivity contribution >= 4 is 0 Å². The lowest BCUT2D eigenvalue weighted by atomic mass is 9.99. The minimum absolute atomic E-state index is 0.709. The van der Waals surface area contributed by atoms with E-state index in [2.05, 4.69) is 96.0 Å². The Hall–Kier alpha value is -0.860. The summed E-state index contributed by atoms with van der Waals surface area (Å²) in [5.74, 6) is 0.709.